The first-order valence-corrected chi connectivity index (χ1v) is 11.8. The number of hydrogen-bond acceptors (Lipinski definition) is 5. The van der Waals surface area contributed by atoms with Gasteiger partial charge >= 0.3 is 0 Å². The molecular weight excluding hydrogens is 426 g/mol. The summed E-state index contributed by atoms with van der Waals surface area (Å²) in [5.41, 5.74) is 0.442. The van der Waals surface area contributed by atoms with Gasteiger partial charge in [-0.15, -0.1) is 11.3 Å². The molecule has 2 aliphatic rings. The van der Waals surface area contributed by atoms with E-state index in [1.165, 1.54) is 0 Å². The molecule has 0 radical (unpaired) electrons. The fourth-order valence-electron chi connectivity index (χ4n) is 4.67. The smallest absolute Gasteiger partial charge is 0.271 e. The molecule has 2 aliphatic heterocycles. The van der Waals surface area contributed by atoms with E-state index in [1.807, 2.05) is 53.3 Å². The molecule has 0 unspecified atom stereocenters. The minimum atomic E-state index is -1.04. The first-order chi connectivity index (χ1) is 15.5. The molecule has 1 N–H and O–H groups in total. The lowest BCUT2D eigenvalue weighted by atomic mass is 9.94. The van der Waals surface area contributed by atoms with Gasteiger partial charge in [-0.3, -0.25) is 9.59 Å². The number of carbonyl (C=O) groups is 2. The Kier molecular flexibility index (Phi) is 5.43. The predicted octanol–water partition coefficient (Wildman–Crippen LogP) is 3.42. The number of benzene rings is 1. The third kappa shape index (κ3) is 3.57. The number of carbonyl (C=O) groups excluding carboxylic acids is 2. The highest BCUT2D eigenvalue weighted by Gasteiger charge is 2.47. The van der Waals surface area contributed by atoms with Gasteiger partial charge in [0, 0.05) is 29.5 Å². The maximum Gasteiger partial charge on any atom is 0.271 e. The molecule has 3 aromatic rings. The molecule has 1 aromatic carbocycles. The molecule has 2 aromatic heterocycles. The number of thiophene rings is 1. The zero-order chi connectivity index (χ0) is 22.3. The van der Waals surface area contributed by atoms with Crippen LogP contribution in [0.3, 0.4) is 0 Å². The van der Waals surface area contributed by atoms with Gasteiger partial charge in [0.05, 0.1) is 31.8 Å². The van der Waals surface area contributed by atoms with E-state index in [4.69, 9.17) is 9.47 Å². The summed E-state index contributed by atoms with van der Waals surface area (Å²) < 4.78 is 13.0. The molecule has 4 heterocycles. The van der Waals surface area contributed by atoms with E-state index < -0.39 is 5.54 Å². The lowest BCUT2D eigenvalue weighted by Crippen LogP contribution is -2.63. The summed E-state index contributed by atoms with van der Waals surface area (Å²) in [5, 5.41) is 6.01. The minimum absolute atomic E-state index is 0.0415. The van der Waals surface area contributed by atoms with Crippen molar-refractivity contribution >= 4 is 34.1 Å². The monoisotopic (exact) mass is 453 g/mol. The molecule has 32 heavy (non-hydrogen) atoms. The Morgan fingerprint density at radius 2 is 2.22 bits per heavy atom. The standard InChI is InChI=1S/C24H27N3O4S/c1-24(23(29)25-13-18-5-3-9-31-18)15-26-20-12-17(30-2)8-7-16(20)11-21(26)22(28)27(24)14-19-6-4-10-32-19/h4,6-8,10-12,18H,3,5,9,13-15H2,1-2H3,(H,25,29)/t18-,24-/m1/s1. The van der Waals surface area contributed by atoms with Gasteiger partial charge in [-0.05, 0) is 49.4 Å². The fraction of sp³-hybridized carbons (Fsp3) is 0.417. The molecule has 2 atom stereocenters. The SMILES string of the molecule is COc1ccc2cc3n(c2c1)C[C@](C)(C(=O)NC[C@H]1CCCO1)N(Cc1cccs1)C3=O. The molecule has 168 valence electrons. The van der Waals surface area contributed by atoms with Gasteiger partial charge in [0.2, 0.25) is 5.91 Å². The van der Waals surface area contributed by atoms with Gasteiger partial charge in [0.25, 0.3) is 5.91 Å². The Morgan fingerprint density at radius 3 is 2.94 bits per heavy atom. The predicted molar refractivity (Wildman–Crippen MR) is 123 cm³/mol. The van der Waals surface area contributed by atoms with Crippen molar-refractivity contribution in [2.45, 2.75) is 44.5 Å². The van der Waals surface area contributed by atoms with Crippen LogP contribution in [0.5, 0.6) is 5.75 Å². The van der Waals surface area contributed by atoms with Crippen LogP contribution < -0.4 is 10.1 Å². The Hall–Kier alpha value is -2.84. The summed E-state index contributed by atoms with van der Waals surface area (Å²) in [6, 6.07) is 11.6. The van der Waals surface area contributed by atoms with E-state index in [-0.39, 0.29) is 17.9 Å². The number of fused-ring (bicyclic) bond motifs is 3. The van der Waals surface area contributed by atoms with Crippen molar-refractivity contribution in [2.24, 2.45) is 0 Å². The summed E-state index contributed by atoms with van der Waals surface area (Å²) in [6.07, 6.45) is 2.00. The largest absolute Gasteiger partial charge is 0.497 e. The molecule has 0 bridgehead atoms. The average molecular weight is 454 g/mol. The number of methoxy groups -OCH3 is 1. The molecule has 1 saturated heterocycles. The summed E-state index contributed by atoms with van der Waals surface area (Å²) in [4.78, 5) is 30.0. The number of hydrogen-bond donors (Lipinski definition) is 1. The van der Waals surface area contributed by atoms with Crippen LogP contribution >= 0.6 is 11.3 Å². The number of amides is 2. The lowest BCUT2D eigenvalue weighted by molar-refractivity contribution is -0.133. The fourth-order valence-corrected chi connectivity index (χ4v) is 5.36. The van der Waals surface area contributed by atoms with Crippen LogP contribution in [0.4, 0.5) is 0 Å². The van der Waals surface area contributed by atoms with Crippen molar-refractivity contribution in [3.63, 3.8) is 0 Å². The molecule has 0 aliphatic carbocycles. The van der Waals surface area contributed by atoms with E-state index in [9.17, 15) is 9.59 Å². The second kappa shape index (κ2) is 8.26. The van der Waals surface area contributed by atoms with Gasteiger partial charge < -0.3 is 24.3 Å². The summed E-state index contributed by atoms with van der Waals surface area (Å²) in [6.45, 7) is 3.82. The van der Waals surface area contributed by atoms with E-state index >= 15 is 0 Å². The Bertz CT molecular complexity index is 1150. The van der Waals surface area contributed by atoms with Gasteiger partial charge in [-0.1, -0.05) is 6.07 Å². The Balaban J connectivity index is 1.53. The highest BCUT2D eigenvalue weighted by Crippen LogP contribution is 2.35. The third-order valence-corrected chi connectivity index (χ3v) is 7.40. The molecular formula is C24H27N3O4S. The highest BCUT2D eigenvalue weighted by atomic mass is 32.1. The average Bonchev–Trinajstić information content (AvgIpc) is 3.56. The normalized spacial score (nSPS) is 22.9. The maximum atomic E-state index is 13.7. The minimum Gasteiger partial charge on any atom is -0.497 e. The third-order valence-electron chi connectivity index (χ3n) is 6.53. The molecule has 1 fully saturated rings. The van der Waals surface area contributed by atoms with Gasteiger partial charge in [-0.25, -0.2) is 0 Å². The van der Waals surface area contributed by atoms with Crippen molar-refractivity contribution in [3.8, 4) is 5.75 Å². The van der Waals surface area contributed by atoms with Crippen molar-refractivity contribution in [1.82, 2.24) is 14.8 Å². The van der Waals surface area contributed by atoms with Crippen LogP contribution in [-0.4, -0.2) is 53.2 Å². The van der Waals surface area contributed by atoms with Crippen LogP contribution in [0, 0.1) is 0 Å². The Morgan fingerprint density at radius 1 is 1.34 bits per heavy atom. The van der Waals surface area contributed by atoms with E-state index in [0.29, 0.717) is 25.3 Å². The molecule has 0 spiro atoms. The number of ether oxygens (including phenoxy) is 2. The van der Waals surface area contributed by atoms with Gasteiger partial charge in [0.15, 0.2) is 0 Å². The van der Waals surface area contributed by atoms with Gasteiger partial charge in [0.1, 0.15) is 17.0 Å². The maximum absolute atomic E-state index is 13.7. The van der Waals surface area contributed by atoms with Crippen molar-refractivity contribution in [2.75, 3.05) is 20.3 Å². The van der Waals surface area contributed by atoms with Gasteiger partial charge in [-0.2, -0.15) is 0 Å². The molecule has 7 nitrogen and oxygen atoms in total. The topological polar surface area (TPSA) is 72.8 Å². The summed E-state index contributed by atoms with van der Waals surface area (Å²) in [5.74, 6) is 0.416. The second-order valence-corrected chi connectivity index (χ2v) is 9.66. The number of aromatic nitrogens is 1. The first kappa shape index (κ1) is 21.0. The van der Waals surface area contributed by atoms with E-state index in [2.05, 4.69) is 5.32 Å². The van der Waals surface area contributed by atoms with Crippen molar-refractivity contribution < 1.29 is 19.1 Å². The van der Waals surface area contributed by atoms with Crippen LogP contribution in [0.2, 0.25) is 0 Å². The zero-order valence-corrected chi connectivity index (χ0v) is 19.1. The van der Waals surface area contributed by atoms with Crippen LogP contribution in [0.1, 0.15) is 35.1 Å². The second-order valence-electron chi connectivity index (χ2n) is 8.63. The number of rotatable bonds is 6. The lowest BCUT2D eigenvalue weighted by Gasteiger charge is -2.44. The number of nitrogens with one attached hydrogen (secondary N) is 1. The van der Waals surface area contributed by atoms with Crippen LogP contribution in [0.15, 0.2) is 41.8 Å². The number of nitrogens with zero attached hydrogens (tertiary/aromatic N) is 2. The van der Waals surface area contributed by atoms with Crippen molar-refractivity contribution in [3.05, 3.63) is 52.3 Å². The molecule has 5 rings (SSSR count). The van der Waals surface area contributed by atoms with E-state index in [1.54, 1.807) is 23.3 Å². The zero-order valence-electron chi connectivity index (χ0n) is 18.3. The van der Waals surface area contributed by atoms with Crippen LogP contribution in [-0.2, 0) is 22.6 Å². The summed E-state index contributed by atoms with van der Waals surface area (Å²) in [7, 11) is 1.62. The van der Waals surface area contributed by atoms with Crippen molar-refractivity contribution in [1.29, 1.82) is 0 Å². The highest BCUT2D eigenvalue weighted by molar-refractivity contribution is 7.09. The summed E-state index contributed by atoms with van der Waals surface area (Å²) >= 11 is 1.59. The van der Waals surface area contributed by atoms with E-state index in [0.717, 1.165) is 41.0 Å². The molecule has 2 amide bonds. The molecule has 0 saturated carbocycles. The first-order valence-electron chi connectivity index (χ1n) is 10.9. The quantitative estimate of drug-likeness (QED) is 0.621. The molecule has 8 heteroatoms. The Labute approximate surface area is 190 Å². The van der Waals surface area contributed by atoms with Crippen LogP contribution in [0.25, 0.3) is 10.9 Å².